The topological polar surface area (TPSA) is 88.1 Å². The first kappa shape index (κ1) is 14.0. The summed E-state index contributed by atoms with van der Waals surface area (Å²) in [7, 11) is 1.48. The van der Waals surface area contributed by atoms with Crippen LogP contribution in [0.2, 0.25) is 0 Å². The molecule has 0 unspecified atom stereocenters. The van der Waals surface area contributed by atoms with Crippen molar-refractivity contribution in [1.82, 2.24) is 0 Å². The van der Waals surface area contributed by atoms with E-state index >= 15 is 0 Å². The van der Waals surface area contributed by atoms with Crippen molar-refractivity contribution in [3.8, 4) is 11.8 Å². The van der Waals surface area contributed by atoms with Gasteiger partial charge in [-0.1, -0.05) is 13.3 Å². The number of carbonyl (C=O) groups is 1. The van der Waals surface area contributed by atoms with Crippen LogP contribution in [0.15, 0.2) is 18.2 Å². The van der Waals surface area contributed by atoms with Crippen molar-refractivity contribution >= 4 is 11.6 Å². The summed E-state index contributed by atoms with van der Waals surface area (Å²) < 4.78 is 5.12. The summed E-state index contributed by atoms with van der Waals surface area (Å²) in [5.41, 5.74) is 6.71. The molecule has 0 saturated heterocycles. The molecule has 0 saturated carbocycles. The molecule has 1 aromatic carbocycles. The lowest BCUT2D eigenvalue weighted by molar-refractivity contribution is -0.117. The number of nitrogens with zero attached hydrogens (tertiary/aromatic N) is 1. The predicted octanol–water partition coefficient (Wildman–Crippen LogP) is 1.63. The van der Waals surface area contributed by atoms with E-state index in [4.69, 9.17) is 15.7 Å². The van der Waals surface area contributed by atoms with Crippen molar-refractivity contribution in [3.63, 3.8) is 0 Å². The zero-order valence-electron chi connectivity index (χ0n) is 10.6. The van der Waals surface area contributed by atoms with Crippen LogP contribution in [-0.2, 0) is 4.79 Å². The number of benzene rings is 1. The molecule has 0 fully saturated rings. The summed E-state index contributed by atoms with van der Waals surface area (Å²) in [6.07, 6.45) is 1.48. The Hall–Kier alpha value is -2.06. The Kier molecular flexibility index (Phi) is 5.15. The maximum atomic E-state index is 11.8. The number of nitrogens with one attached hydrogen (secondary N) is 1. The molecule has 96 valence electrons. The zero-order valence-corrected chi connectivity index (χ0v) is 10.6. The van der Waals surface area contributed by atoms with E-state index in [1.54, 1.807) is 18.2 Å². The minimum absolute atomic E-state index is 0.250. The zero-order chi connectivity index (χ0) is 13.5. The average molecular weight is 247 g/mol. The van der Waals surface area contributed by atoms with E-state index in [1.807, 2.05) is 13.0 Å². The number of amides is 1. The van der Waals surface area contributed by atoms with Crippen molar-refractivity contribution in [2.45, 2.75) is 25.8 Å². The van der Waals surface area contributed by atoms with Gasteiger partial charge in [0.2, 0.25) is 5.91 Å². The molecule has 0 bridgehead atoms. The van der Waals surface area contributed by atoms with Crippen molar-refractivity contribution in [1.29, 1.82) is 5.26 Å². The Morgan fingerprint density at radius 2 is 2.33 bits per heavy atom. The third-order valence-corrected chi connectivity index (χ3v) is 2.52. The second kappa shape index (κ2) is 6.62. The lowest BCUT2D eigenvalue weighted by atomic mass is 10.1. The molecule has 18 heavy (non-hydrogen) atoms. The van der Waals surface area contributed by atoms with Gasteiger partial charge in [-0.25, -0.2) is 0 Å². The number of ether oxygens (including phenoxy) is 1. The van der Waals surface area contributed by atoms with Gasteiger partial charge < -0.3 is 15.8 Å². The molecule has 1 aromatic rings. The van der Waals surface area contributed by atoms with Gasteiger partial charge in [-0.15, -0.1) is 0 Å². The highest BCUT2D eigenvalue weighted by molar-refractivity contribution is 5.96. The molecular formula is C13H17N3O2. The number of hydrogen-bond acceptors (Lipinski definition) is 4. The largest absolute Gasteiger partial charge is 0.495 e. The molecule has 0 aliphatic carbocycles. The molecule has 1 rings (SSSR count). The molecule has 3 N–H and O–H groups in total. The van der Waals surface area contributed by atoms with Gasteiger partial charge in [0.25, 0.3) is 0 Å². The third kappa shape index (κ3) is 3.47. The van der Waals surface area contributed by atoms with Gasteiger partial charge in [0.05, 0.1) is 30.5 Å². The van der Waals surface area contributed by atoms with Crippen LogP contribution in [0.25, 0.3) is 0 Å². The van der Waals surface area contributed by atoms with Gasteiger partial charge in [-0.05, 0) is 18.6 Å². The van der Waals surface area contributed by atoms with Crippen LogP contribution in [0.4, 0.5) is 5.69 Å². The van der Waals surface area contributed by atoms with Gasteiger partial charge >= 0.3 is 0 Å². The Morgan fingerprint density at radius 1 is 1.61 bits per heavy atom. The molecule has 5 heteroatoms. The minimum atomic E-state index is -0.532. The Labute approximate surface area is 107 Å². The van der Waals surface area contributed by atoms with Gasteiger partial charge in [0.1, 0.15) is 5.75 Å². The number of nitrogens with two attached hydrogens (primary N) is 1. The average Bonchev–Trinajstić information content (AvgIpc) is 2.39. The van der Waals surface area contributed by atoms with Gasteiger partial charge in [-0.2, -0.15) is 5.26 Å². The van der Waals surface area contributed by atoms with E-state index in [-0.39, 0.29) is 5.91 Å². The van der Waals surface area contributed by atoms with Crippen LogP contribution in [0, 0.1) is 11.3 Å². The maximum Gasteiger partial charge on any atom is 0.241 e. The van der Waals surface area contributed by atoms with E-state index in [1.165, 1.54) is 7.11 Å². The summed E-state index contributed by atoms with van der Waals surface area (Å²) in [5.74, 6) is 0.200. The van der Waals surface area contributed by atoms with Gasteiger partial charge in [0.15, 0.2) is 0 Å². The van der Waals surface area contributed by atoms with E-state index in [0.717, 1.165) is 6.42 Å². The van der Waals surface area contributed by atoms with Crippen LogP contribution in [0.3, 0.4) is 0 Å². The first-order valence-electron chi connectivity index (χ1n) is 5.77. The fourth-order valence-electron chi connectivity index (χ4n) is 1.53. The molecule has 1 atom stereocenters. The Morgan fingerprint density at radius 3 is 2.89 bits per heavy atom. The highest BCUT2D eigenvalue weighted by atomic mass is 16.5. The lowest BCUT2D eigenvalue weighted by Gasteiger charge is -2.13. The summed E-state index contributed by atoms with van der Waals surface area (Å²) >= 11 is 0. The van der Waals surface area contributed by atoms with E-state index in [0.29, 0.717) is 23.4 Å². The van der Waals surface area contributed by atoms with Crippen LogP contribution >= 0.6 is 0 Å². The van der Waals surface area contributed by atoms with Crippen molar-refractivity contribution < 1.29 is 9.53 Å². The normalized spacial score (nSPS) is 11.4. The Bertz CT molecular complexity index is 466. The minimum Gasteiger partial charge on any atom is -0.495 e. The van der Waals surface area contributed by atoms with E-state index in [2.05, 4.69) is 5.32 Å². The first-order chi connectivity index (χ1) is 8.62. The fraction of sp³-hybridized carbons (Fsp3) is 0.385. The quantitative estimate of drug-likeness (QED) is 0.827. The van der Waals surface area contributed by atoms with Gasteiger partial charge in [0, 0.05) is 6.07 Å². The fourth-order valence-corrected chi connectivity index (χ4v) is 1.53. The smallest absolute Gasteiger partial charge is 0.241 e. The molecule has 0 aromatic heterocycles. The highest BCUT2D eigenvalue weighted by Gasteiger charge is 2.14. The molecular weight excluding hydrogens is 230 g/mol. The number of methoxy groups -OCH3 is 1. The number of anilines is 1. The lowest BCUT2D eigenvalue weighted by Crippen LogP contribution is -2.35. The van der Waals surface area contributed by atoms with Crippen molar-refractivity contribution in [2.24, 2.45) is 5.73 Å². The van der Waals surface area contributed by atoms with Gasteiger partial charge in [-0.3, -0.25) is 4.79 Å². The summed E-state index contributed by atoms with van der Waals surface area (Å²) in [6, 6.07) is 6.29. The third-order valence-electron chi connectivity index (χ3n) is 2.52. The van der Waals surface area contributed by atoms with Crippen LogP contribution in [-0.4, -0.2) is 19.1 Å². The van der Waals surface area contributed by atoms with Crippen LogP contribution in [0.5, 0.6) is 5.75 Å². The summed E-state index contributed by atoms with van der Waals surface area (Å²) in [6.45, 7) is 1.97. The molecule has 1 amide bonds. The number of hydrogen-bond donors (Lipinski definition) is 2. The molecule has 0 radical (unpaired) electrons. The SMILES string of the molecule is CCC[C@@H](N)C(=O)Nc1ccc(C#N)cc1OC. The van der Waals surface area contributed by atoms with E-state index < -0.39 is 6.04 Å². The molecule has 5 nitrogen and oxygen atoms in total. The number of rotatable bonds is 5. The second-order valence-corrected chi connectivity index (χ2v) is 3.91. The number of nitriles is 1. The maximum absolute atomic E-state index is 11.8. The van der Waals surface area contributed by atoms with Crippen LogP contribution < -0.4 is 15.8 Å². The predicted molar refractivity (Wildman–Crippen MR) is 69.2 cm³/mol. The van der Waals surface area contributed by atoms with E-state index in [9.17, 15) is 4.79 Å². The molecule has 0 aliphatic heterocycles. The highest BCUT2D eigenvalue weighted by Crippen LogP contribution is 2.25. The molecule has 0 spiro atoms. The second-order valence-electron chi connectivity index (χ2n) is 3.91. The van der Waals surface area contributed by atoms with Crippen LogP contribution in [0.1, 0.15) is 25.3 Å². The monoisotopic (exact) mass is 247 g/mol. The van der Waals surface area contributed by atoms with Crippen molar-refractivity contribution in [3.05, 3.63) is 23.8 Å². The van der Waals surface area contributed by atoms with Crippen molar-refractivity contribution in [2.75, 3.05) is 12.4 Å². The molecule has 0 heterocycles. The Balaban J connectivity index is 2.84. The first-order valence-corrected chi connectivity index (χ1v) is 5.77. The summed E-state index contributed by atoms with van der Waals surface area (Å²) in [4.78, 5) is 11.8. The standard InChI is InChI=1S/C13H17N3O2/c1-3-4-10(15)13(17)16-11-6-5-9(8-14)7-12(11)18-2/h5-7,10H,3-4,15H2,1-2H3,(H,16,17)/t10-/m1/s1. The number of carbonyl (C=O) groups excluding carboxylic acids is 1. The summed E-state index contributed by atoms with van der Waals surface area (Å²) in [5, 5.41) is 11.5. The molecule has 0 aliphatic rings.